The van der Waals surface area contributed by atoms with Crippen molar-refractivity contribution in [2.45, 2.75) is 26.5 Å². The van der Waals surface area contributed by atoms with Gasteiger partial charge in [0, 0.05) is 10.6 Å². The first-order valence-corrected chi connectivity index (χ1v) is 9.39. The number of nitrogens with zero attached hydrogens (tertiary/aromatic N) is 1. The summed E-state index contributed by atoms with van der Waals surface area (Å²) < 4.78 is 5.78. The number of hydrogen-bond donors (Lipinski definition) is 0. The standard InChI is InChI=1S/C20H18ClNO3S/c1-13(2)25-17-9-4-3-7-15(17)11-18-19(23)22(20(24)26-18)12-14-6-5-8-16(21)10-14/h3-11,13H,12H2,1-2H3/b18-11-. The highest BCUT2D eigenvalue weighted by Crippen LogP contribution is 2.35. The number of halogens is 1. The van der Waals surface area contributed by atoms with Crippen molar-refractivity contribution in [3.05, 3.63) is 69.6 Å². The van der Waals surface area contributed by atoms with Crippen LogP contribution in [0.2, 0.25) is 5.02 Å². The molecule has 2 aromatic rings. The van der Waals surface area contributed by atoms with E-state index >= 15 is 0 Å². The molecule has 4 nitrogen and oxygen atoms in total. The first-order chi connectivity index (χ1) is 12.4. The molecule has 3 rings (SSSR count). The van der Waals surface area contributed by atoms with Crippen LogP contribution in [0.4, 0.5) is 4.79 Å². The molecular formula is C20H18ClNO3S. The second-order valence-corrected chi connectivity index (χ2v) is 7.53. The molecule has 0 radical (unpaired) electrons. The van der Waals surface area contributed by atoms with Crippen LogP contribution in [0, 0.1) is 0 Å². The highest BCUT2D eigenvalue weighted by atomic mass is 35.5. The van der Waals surface area contributed by atoms with Gasteiger partial charge in [0.15, 0.2) is 0 Å². The molecule has 1 fully saturated rings. The lowest BCUT2D eigenvalue weighted by molar-refractivity contribution is -0.123. The van der Waals surface area contributed by atoms with Gasteiger partial charge in [-0.15, -0.1) is 0 Å². The molecular weight excluding hydrogens is 370 g/mol. The second-order valence-electron chi connectivity index (χ2n) is 6.10. The molecule has 1 heterocycles. The maximum absolute atomic E-state index is 12.7. The van der Waals surface area contributed by atoms with Gasteiger partial charge in [-0.2, -0.15) is 0 Å². The second kappa shape index (κ2) is 7.98. The van der Waals surface area contributed by atoms with Gasteiger partial charge < -0.3 is 4.74 Å². The normalized spacial score (nSPS) is 16.0. The highest BCUT2D eigenvalue weighted by Gasteiger charge is 2.35. The summed E-state index contributed by atoms with van der Waals surface area (Å²) in [5.41, 5.74) is 1.58. The van der Waals surface area contributed by atoms with E-state index in [1.54, 1.807) is 24.3 Å². The number of carbonyl (C=O) groups excluding carboxylic acids is 2. The lowest BCUT2D eigenvalue weighted by atomic mass is 10.1. The Bertz CT molecular complexity index is 879. The van der Waals surface area contributed by atoms with Crippen LogP contribution in [-0.4, -0.2) is 22.2 Å². The number of benzene rings is 2. The summed E-state index contributed by atoms with van der Waals surface area (Å²) in [5, 5.41) is 0.285. The molecule has 1 saturated heterocycles. The Morgan fingerprint density at radius 1 is 1.15 bits per heavy atom. The average Bonchev–Trinajstić information content (AvgIpc) is 2.84. The molecule has 0 aromatic heterocycles. The molecule has 26 heavy (non-hydrogen) atoms. The number of rotatable bonds is 5. The van der Waals surface area contributed by atoms with E-state index in [9.17, 15) is 9.59 Å². The molecule has 0 aliphatic carbocycles. The predicted octanol–water partition coefficient (Wildman–Crippen LogP) is 5.36. The van der Waals surface area contributed by atoms with Gasteiger partial charge in [-0.25, -0.2) is 0 Å². The van der Waals surface area contributed by atoms with Gasteiger partial charge in [-0.3, -0.25) is 14.5 Å². The van der Waals surface area contributed by atoms with E-state index in [4.69, 9.17) is 16.3 Å². The fourth-order valence-electron chi connectivity index (χ4n) is 2.56. The third-order valence-electron chi connectivity index (χ3n) is 3.67. The summed E-state index contributed by atoms with van der Waals surface area (Å²) in [6, 6.07) is 14.6. The third kappa shape index (κ3) is 4.29. The van der Waals surface area contributed by atoms with Crippen LogP contribution in [0.1, 0.15) is 25.0 Å². The summed E-state index contributed by atoms with van der Waals surface area (Å²) in [6.45, 7) is 4.08. The number of para-hydroxylation sites is 1. The zero-order valence-electron chi connectivity index (χ0n) is 14.4. The van der Waals surface area contributed by atoms with Gasteiger partial charge in [0.2, 0.25) is 0 Å². The number of carbonyl (C=O) groups is 2. The summed E-state index contributed by atoms with van der Waals surface area (Å²) in [4.78, 5) is 26.6. The van der Waals surface area contributed by atoms with E-state index in [-0.39, 0.29) is 23.8 Å². The fraction of sp³-hybridized carbons (Fsp3) is 0.200. The zero-order chi connectivity index (χ0) is 18.7. The number of hydrogen-bond acceptors (Lipinski definition) is 4. The lowest BCUT2D eigenvalue weighted by Gasteiger charge is -2.13. The minimum atomic E-state index is -0.306. The molecule has 0 bridgehead atoms. The van der Waals surface area contributed by atoms with Crippen LogP contribution in [0.15, 0.2) is 53.4 Å². The largest absolute Gasteiger partial charge is 0.490 e. The summed E-state index contributed by atoms with van der Waals surface area (Å²) in [5.74, 6) is 0.378. The maximum atomic E-state index is 12.7. The molecule has 0 unspecified atom stereocenters. The van der Waals surface area contributed by atoms with Gasteiger partial charge >= 0.3 is 0 Å². The molecule has 2 amide bonds. The molecule has 1 aliphatic rings. The Balaban J connectivity index is 1.84. The van der Waals surface area contributed by atoms with Crippen molar-refractivity contribution in [2.24, 2.45) is 0 Å². The Morgan fingerprint density at radius 2 is 1.92 bits per heavy atom. The first-order valence-electron chi connectivity index (χ1n) is 8.19. The van der Waals surface area contributed by atoms with Gasteiger partial charge in [0.1, 0.15) is 5.75 Å². The summed E-state index contributed by atoms with van der Waals surface area (Å²) >= 11 is 6.92. The molecule has 2 aromatic carbocycles. The molecule has 0 saturated carbocycles. The molecule has 0 atom stereocenters. The van der Waals surface area contributed by atoms with E-state index in [0.717, 1.165) is 22.9 Å². The van der Waals surface area contributed by atoms with E-state index in [1.807, 2.05) is 44.2 Å². The quantitative estimate of drug-likeness (QED) is 0.647. The van der Waals surface area contributed by atoms with E-state index < -0.39 is 0 Å². The van der Waals surface area contributed by atoms with Crippen LogP contribution in [0.3, 0.4) is 0 Å². The van der Waals surface area contributed by atoms with E-state index in [2.05, 4.69) is 0 Å². The van der Waals surface area contributed by atoms with Crippen molar-refractivity contribution >= 4 is 40.6 Å². The van der Waals surface area contributed by atoms with Crippen LogP contribution in [0.5, 0.6) is 5.75 Å². The van der Waals surface area contributed by atoms with Gasteiger partial charge in [-0.05, 0) is 55.4 Å². The SMILES string of the molecule is CC(C)Oc1ccccc1/C=C1\SC(=O)N(Cc2cccc(Cl)c2)C1=O. The number of imide groups is 1. The number of thioether (sulfide) groups is 1. The topological polar surface area (TPSA) is 46.6 Å². The Labute approximate surface area is 161 Å². The molecule has 1 aliphatic heterocycles. The van der Waals surface area contributed by atoms with Crippen molar-refractivity contribution in [3.8, 4) is 5.75 Å². The fourth-order valence-corrected chi connectivity index (χ4v) is 3.60. The van der Waals surface area contributed by atoms with Crippen molar-refractivity contribution < 1.29 is 14.3 Å². The molecule has 0 spiro atoms. The lowest BCUT2D eigenvalue weighted by Crippen LogP contribution is -2.27. The average molecular weight is 388 g/mol. The summed E-state index contributed by atoms with van der Waals surface area (Å²) in [6.07, 6.45) is 1.73. The minimum Gasteiger partial charge on any atom is -0.490 e. The Hall–Kier alpha value is -2.24. The predicted molar refractivity (Wildman–Crippen MR) is 105 cm³/mol. The smallest absolute Gasteiger partial charge is 0.293 e. The van der Waals surface area contributed by atoms with Crippen LogP contribution < -0.4 is 4.74 Å². The Kier molecular flexibility index (Phi) is 5.69. The van der Waals surface area contributed by atoms with Crippen LogP contribution >= 0.6 is 23.4 Å². The highest BCUT2D eigenvalue weighted by molar-refractivity contribution is 8.18. The van der Waals surface area contributed by atoms with Gasteiger partial charge in [0.05, 0.1) is 17.6 Å². The van der Waals surface area contributed by atoms with Crippen molar-refractivity contribution in [3.63, 3.8) is 0 Å². The number of ether oxygens (including phenoxy) is 1. The van der Waals surface area contributed by atoms with Crippen molar-refractivity contribution in [1.82, 2.24) is 4.90 Å². The van der Waals surface area contributed by atoms with E-state index in [1.165, 1.54) is 4.90 Å². The van der Waals surface area contributed by atoms with Gasteiger partial charge in [0.25, 0.3) is 11.1 Å². The van der Waals surface area contributed by atoms with Crippen molar-refractivity contribution in [2.75, 3.05) is 0 Å². The van der Waals surface area contributed by atoms with Crippen LogP contribution in [0.25, 0.3) is 6.08 Å². The maximum Gasteiger partial charge on any atom is 0.293 e. The van der Waals surface area contributed by atoms with Crippen LogP contribution in [-0.2, 0) is 11.3 Å². The number of amides is 2. The van der Waals surface area contributed by atoms with Crippen molar-refractivity contribution in [1.29, 1.82) is 0 Å². The third-order valence-corrected chi connectivity index (χ3v) is 4.81. The zero-order valence-corrected chi connectivity index (χ0v) is 16.0. The molecule has 0 N–H and O–H groups in total. The Morgan fingerprint density at radius 3 is 2.65 bits per heavy atom. The first kappa shape index (κ1) is 18.5. The monoisotopic (exact) mass is 387 g/mol. The molecule has 6 heteroatoms. The van der Waals surface area contributed by atoms with E-state index in [0.29, 0.717) is 15.7 Å². The van der Waals surface area contributed by atoms with Gasteiger partial charge in [-0.1, -0.05) is 41.9 Å². The minimum absolute atomic E-state index is 0.0162. The molecule has 134 valence electrons. The summed E-state index contributed by atoms with van der Waals surface area (Å²) in [7, 11) is 0.